The largest absolute Gasteiger partial charge is 0.381 e. The summed E-state index contributed by atoms with van der Waals surface area (Å²) in [6.45, 7) is 7.05. The smallest absolute Gasteiger partial charge is 0.0513 e. The molecule has 0 amide bonds. The van der Waals surface area contributed by atoms with Crippen molar-refractivity contribution in [3.63, 3.8) is 0 Å². The third kappa shape index (κ3) is 2.50. The predicted molar refractivity (Wildman–Crippen MR) is 81.8 cm³/mol. The van der Waals surface area contributed by atoms with Gasteiger partial charge in [0.15, 0.2) is 0 Å². The van der Waals surface area contributed by atoms with Crippen molar-refractivity contribution in [3.05, 3.63) is 35.4 Å². The van der Waals surface area contributed by atoms with E-state index in [-0.39, 0.29) is 5.54 Å². The second-order valence-corrected chi connectivity index (χ2v) is 6.38. The molecule has 3 heteroatoms. The minimum Gasteiger partial charge on any atom is -0.381 e. The average Bonchev–Trinajstić information content (AvgIpc) is 2.94. The molecule has 2 aliphatic rings. The summed E-state index contributed by atoms with van der Waals surface area (Å²) in [7, 11) is 0. The van der Waals surface area contributed by atoms with E-state index < -0.39 is 0 Å². The number of ether oxygens (including phenoxy) is 1. The van der Waals surface area contributed by atoms with Crippen molar-refractivity contribution >= 4 is 0 Å². The minimum absolute atomic E-state index is 0.0819. The van der Waals surface area contributed by atoms with Crippen molar-refractivity contribution in [1.29, 1.82) is 0 Å². The molecule has 0 bridgehead atoms. The van der Waals surface area contributed by atoms with Gasteiger partial charge in [-0.25, -0.2) is 0 Å². The molecule has 3 nitrogen and oxygen atoms in total. The Kier molecular flexibility index (Phi) is 4.11. The molecule has 0 aliphatic carbocycles. The second-order valence-electron chi connectivity index (χ2n) is 6.38. The summed E-state index contributed by atoms with van der Waals surface area (Å²) in [5.74, 6) is 0.578. The molecule has 0 aromatic heterocycles. The third-order valence-electron chi connectivity index (χ3n) is 5.37. The fraction of sp³-hybridized carbons (Fsp3) is 0.647. The number of nitrogens with zero attached hydrogens (tertiary/aromatic N) is 1. The molecule has 2 heterocycles. The fourth-order valence-electron chi connectivity index (χ4n) is 3.76. The quantitative estimate of drug-likeness (QED) is 0.914. The van der Waals surface area contributed by atoms with Crippen LogP contribution in [0, 0.1) is 5.92 Å². The number of rotatable bonds is 3. The normalized spacial score (nSPS) is 26.8. The van der Waals surface area contributed by atoms with Gasteiger partial charge < -0.3 is 10.5 Å². The van der Waals surface area contributed by atoms with Gasteiger partial charge >= 0.3 is 0 Å². The van der Waals surface area contributed by atoms with Crippen LogP contribution in [0.3, 0.4) is 0 Å². The standard InChI is InChI=1S/C17H26N2O/c1-17(13-18,16-8-11-20-12-16)19-9-6-14-4-2-3-5-15(14)7-10-19/h2-5,16H,6-13,18H2,1H3. The number of hydrogen-bond donors (Lipinski definition) is 1. The van der Waals surface area contributed by atoms with E-state index in [4.69, 9.17) is 10.5 Å². The summed E-state index contributed by atoms with van der Waals surface area (Å²) in [6, 6.07) is 8.86. The van der Waals surface area contributed by atoms with Crippen molar-refractivity contribution in [2.75, 3.05) is 32.8 Å². The van der Waals surface area contributed by atoms with Crippen LogP contribution in [-0.2, 0) is 17.6 Å². The lowest BCUT2D eigenvalue weighted by Gasteiger charge is -2.44. The predicted octanol–water partition coefficient (Wildman–Crippen LogP) is 1.84. The SMILES string of the molecule is CC(CN)(C1CCOC1)N1CCc2ccccc2CC1. The number of benzene rings is 1. The van der Waals surface area contributed by atoms with Crippen LogP contribution in [0.15, 0.2) is 24.3 Å². The Morgan fingerprint density at radius 1 is 1.25 bits per heavy atom. The van der Waals surface area contributed by atoms with E-state index in [0.29, 0.717) is 5.92 Å². The lowest BCUT2D eigenvalue weighted by molar-refractivity contribution is 0.0485. The lowest BCUT2D eigenvalue weighted by Crippen LogP contribution is -2.57. The molecule has 2 aliphatic heterocycles. The van der Waals surface area contributed by atoms with Crippen LogP contribution >= 0.6 is 0 Å². The highest BCUT2D eigenvalue weighted by Crippen LogP contribution is 2.32. The first-order valence-corrected chi connectivity index (χ1v) is 7.83. The van der Waals surface area contributed by atoms with E-state index in [1.165, 1.54) is 11.1 Å². The van der Waals surface area contributed by atoms with Crippen molar-refractivity contribution in [3.8, 4) is 0 Å². The Hall–Kier alpha value is -0.900. The van der Waals surface area contributed by atoms with E-state index in [1.807, 2.05) is 0 Å². The van der Waals surface area contributed by atoms with Gasteiger partial charge in [0.25, 0.3) is 0 Å². The number of fused-ring (bicyclic) bond motifs is 1. The molecule has 2 atom stereocenters. The summed E-state index contributed by atoms with van der Waals surface area (Å²) < 4.78 is 5.61. The molecular weight excluding hydrogens is 248 g/mol. The molecule has 110 valence electrons. The average molecular weight is 274 g/mol. The van der Waals surface area contributed by atoms with Crippen molar-refractivity contribution < 1.29 is 4.74 Å². The van der Waals surface area contributed by atoms with Gasteiger partial charge in [-0.3, -0.25) is 4.90 Å². The van der Waals surface area contributed by atoms with Gasteiger partial charge in [0, 0.05) is 37.7 Å². The highest BCUT2D eigenvalue weighted by Gasteiger charge is 2.40. The lowest BCUT2D eigenvalue weighted by atomic mass is 9.83. The molecule has 0 radical (unpaired) electrons. The van der Waals surface area contributed by atoms with Crippen molar-refractivity contribution in [1.82, 2.24) is 4.90 Å². The van der Waals surface area contributed by atoms with E-state index in [1.54, 1.807) is 0 Å². The molecule has 3 rings (SSSR count). The zero-order chi connectivity index (χ0) is 14.0. The molecule has 20 heavy (non-hydrogen) atoms. The molecule has 1 aromatic carbocycles. The maximum atomic E-state index is 6.18. The first kappa shape index (κ1) is 14.1. The Balaban J connectivity index is 1.77. The second kappa shape index (κ2) is 5.84. The van der Waals surface area contributed by atoms with Gasteiger partial charge in [-0.2, -0.15) is 0 Å². The van der Waals surface area contributed by atoms with Crippen LogP contribution in [0.5, 0.6) is 0 Å². The monoisotopic (exact) mass is 274 g/mol. The van der Waals surface area contributed by atoms with E-state index in [0.717, 1.165) is 52.1 Å². The van der Waals surface area contributed by atoms with E-state index in [2.05, 4.69) is 36.1 Å². The molecule has 1 fully saturated rings. The molecule has 2 unspecified atom stereocenters. The molecule has 0 spiro atoms. The summed E-state index contributed by atoms with van der Waals surface area (Å²) in [6.07, 6.45) is 3.43. The van der Waals surface area contributed by atoms with Crippen LogP contribution < -0.4 is 5.73 Å². The highest BCUT2D eigenvalue weighted by atomic mass is 16.5. The van der Waals surface area contributed by atoms with Crippen molar-refractivity contribution in [2.24, 2.45) is 11.7 Å². The van der Waals surface area contributed by atoms with Crippen LogP contribution in [0.25, 0.3) is 0 Å². The first-order chi connectivity index (χ1) is 9.74. The zero-order valence-electron chi connectivity index (χ0n) is 12.5. The molecule has 1 aromatic rings. The first-order valence-electron chi connectivity index (χ1n) is 7.83. The van der Waals surface area contributed by atoms with Crippen LogP contribution in [0.2, 0.25) is 0 Å². The minimum atomic E-state index is 0.0819. The van der Waals surface area contributed by atoms with Gasteiger partial charge in [-0.15, -0.1) is 0 Å². The Labute approximate surface area is 122 Å². The number of hydrogen-bond acceptors (Lipinski definition) is 3. The highest BCUT2D eigenvalue weighted by molar-refractivity contribution is 5.28. The molecule has 0 saturated carbocycles. The zero-order valence-corrected chi connectivity index (χ0v) is 12.5. The summed E-state index contributed by atoms with van der Waals surface area (Å²) in [5, 5.41) is 0. The summed E-state index contributed by atoms with van der Waals surface area (Å²) in [4.78, 5) is 2.62. The fourth-order valence-corrected chi connectivity index (χ4v) is 3.76. The molecule has 1 saturated heterocycles. The third-order valence-corrected chi connectivity index (χ3v) is 5.37. The van der Waals surface area contributed by atoms with Gasteiger partial charge in [-0.05, 0) is 37.3 Å². The van der Waals surface area contributed by atoms with Gasteiger partial charge in [-0.1, -0.05) is 24.3 Å². The topological polar surface area (TPSA) is 38.5 Å². The van der Waals surface area contributed by atoms with Crippen LogP contribution in [0.1, 0.15) is 24.5 Å². The van der Waals surface area contributed by atoms with Crippen LogP contribution in [0.4, 0.5) is 0 Å². The maximum Gasteiger partial charge on any atom is 0.0513 e. The summed E-state index contributed by atoms with van der Waals surface area (Å²) in [5.41, 5.74) is 9.28. The molecular formula is C17H26N2O. The van der Waals surface area contributed by atoms with E-state index in [9.17, 15) is 0 Å². The van der Waals surface area contributed by atoms with Crippen LogP contribution in [-0.4, -0.2) is 43.3 Å². The van der Waals surface area contributed by atoms with Gasteiger partial charge in [0.2, 0.25) is 0 Å². The maximum absolute atomic E-state index is 6.18. The van der Waals surface area contributed by atoms with Gasteiger partial charge in [0.1, 0.15) is 0 Å². The van der Waals surface area contributed by atoms with Crippen molar-refractivity contribution in [2.45, 2.75) is 31.7 Å². The Morgan fingerprint density at radius 2 is 1.90 bits per heavy atom. The van der Waals surface area contributed by atoms with E-state index >= 15 is 0 Å². The molecule has 2 N–H and O–H groups in total. The summed E-state index contributed by atoms with van der Waals surface area (Å²) >= 11 is 0. The Morgan fingerprint density at radius 3 is 2.40 bits per heavy atom. The Bertz CT molecular complexity index is 429. The number of nitrogens with two attached hydrogens (primary N) is 1. The van der Waals surface area contributed by atoms with Gasteiger partial charge in [0.05, 0.1) is 6.61 Å².